The van der Waals surface area contributed by atoms with Crippen molar-refractivity contribution in [2.75, 3.05) is 19.6 Å². The van der Waals surface area contributed by atoms with E-state index in [9.17, 15) is 9.59 Å². The summed E-state index contributed by atoms with van der Waals surface area (Å²) in [7, 11) is 0. The molecule has 1 atom stereocenters. The van der Waals surface area contributed by atoms with E-state index in [4.69, 9.17) is 5.73 Å². The molecule has 0 saturated carbocycles. The van der Waals surface area contributed by atoms with Crippen LogP contribution in [0.15, 0.2) is 17.5 Å². The number of hydrogen-bond donors (Lipinski definition) is 2. The van der Waals surface area contributed by atoms with Gasteiger partial charge in [-0.1, -0.05) is 6.07 Å². The molecular formula is C10H13N3O2S. The molecule has 6 heteroatoms. The molecule has 86 valence electrons. The van der Waals surface area contributed by atoms with Gasteiger partial charge >= 0.3 is 0 Å². The second-order valence-electron chi connectivity index (χ2n) is 3.50. The van der Waals surface area contributed by atoms with Crippen molar-refractivity contribution < 1.29 is 9.59 Å². The highest BCUT2D eigenvalue weighted by Gasteiger charge is 2.34. The predicted octanol–water partition coefficient (Wildman–Crippen LogP) is -0.294. The maximum absolute atomic E-state index is 11.8. The quantitative estimate of drug-likeness (QED) is 0.744. The Bertz CT molecular complexity index is 391. The Balaban J connectivity index is 2.28. The van der Waals surface area contributed by atoms with Crippen LogP contribution in [0.3, 0.4) is 0 Å². The first-order chi connectivity index (χ1) is 7.74. The molecule has 3 N–H and O–H groups in total. The topological polar surface area (TPSA) is 75.4 Å². The van der Waals surface area contributed by atoms with E-state index in [1.807, 2.05) is 17.5 Å². The molecule has 5 nitrogen and oxygen atoms in total. The molecule has 1 aliphatic rings. The fourth-order valence-electron chi connectivity index (χ4n) is 1.78. The van der Waals surface area contributed by atoms with Gasteiger partial charge < -0.3 is 16.0 Å². The zero-order valence-electron chi connectivity index (χ0n) is 8.68. The molecule has 0 spiro atoms. The number of rotatable bonds is 2. The Morgan fingerprint density at radius 3 is 3.12 bits per heavy atom. The minimum absolute atomic E-state index is 0.0604. The third kappa shape index (κ3) is 1.94. The van der Waals surface area contributed by atoms with Crippen LogP contribution in [0.2, 0.25) is 0 Å². The molecule has 2 amide bonds. The number of nitrogens with one attached hydrogen (secondary N) is 1. The molecule has 0 radical (unpaired) electrons. The van der Waals surface area contributed by atoms with Crippen molar-refractivity contribution in [3.8, 4) is 0 Å². The number of nitrogens with zero attached hydrogens (tertiary/aromatic N) is 1. The Hall–Kier alpha value is -1.40. The van der Waals surface area contributed by atoms with Gasteiger partial charge in [-0.15, -0.1) is 11.3 Å². The summed E-state index contributed by atoms with van der Waals surface area (Å²) in [6, 6.07) is 3.22. The fraction of sp³-hybridized carbons (Fsp3) is 0.400. The van der Waals surface area contributed by atoms with Crippen LogP contribution in [-0.2, 0) is 9.59 Å². The lowest BCUT2D eigenvalue weighted by molar-refractivity contribution is -0.142. The molecule has 1 fully saturated rings. The number of carbonyl (C=O) groups excluding carboxylic acids is 2. The van der Waals surface area contributed by atoms with Gasteiger partial charge in [0.1, 0.15) is 6.04 Å². The number of piperazine rings is 1. The lowest BCUT2D eigenvalue weighted by atomic mass is 10.1. The SMILES string of the molecule is NCC(=O)N1CCNC(=O)C1c1cccs1. The fourth-order valence-corrected chi connectivity index (χ4v) is 2.62. The van der Waals surface area contributed by atoms with Crippen LogP contribution in [0, 0.1) is 0 Å². The molecule has 1 aromatic heterocycles. The number of nitrogens with two attached hydrogens (primary N) is 1. The Kier molecular flexibility index (Phi) is 3.21. The van der Waals surface area contributed by atoms with Crippen molar-refractivity contribution >= 4 is 23.2 Å². The van der Waals surface area contributed by atoms with Crippen LogP contribution in [0.5, 0.6) is 0 Å². The molecule has 1 saturated heterocycles. The zero-order chi connectivity index (χ0) is 11.5. The van der Waals surface area contributed by atoms with E-state index in [0.717, 1.165) is 4.88 Å². The zero-order valence-corrected chi connectivity index (χ0v) is 9.50. The molecule has 0 aliphatic carbocycles. The van der Waals surface area contributed by atoms with Crippen molar-refractivity contribution in [1.29, 1.82) is 0 Å². The van der Waals surface area contributed by atoms with Gasteiger partial charge in [-0.25, -0.2) is 0 Å². The van der Waals surface area contributed by atoms with E-state index in [-0.39, 0.29) is 18.4 Å². The summed E-state index contributed by atoms with van der Waals surface area (Å²) in [6.45, 7) is 0.950. The highest BCUT2D eigenvalue weighted by molar-refractivity contribution is 7.10. The van der Waals surface area contributed by atoms with Gasteiger partial charge in [-0.3, -0.25) is 9.59 Å². The monoisotopic (exact) mass is 239 g/mol. The first kappa shape index (κ1) is 11.1. The number of thiophene rings is 1. The van der Waals surface area contributed by atoms with Crippen LogP contribution < -0.4 is 11.1 Å². The van der Waals surface area contributed by atoms with Gasteiger partial charge in [-0.05, 0) is 11.4 Å². The molecule has 0 bridgehead atoms. The molecule has 16 heavy (non-hydrogen) atoms. The van der Waals surface area contributed by atoms with Crippen LogP contribution in [0.4, 0.5) is 0 Å². The minimum atomic E-state index is -0.509. The molecule has 2 rings (SSSR count). The van der Waals surface area contributed by atoms with Crippen molar-refractivity contribution in [1.82, 2.24) is 10.2 Å². The predicted molar refractivity (Wildman–Crippen MR) is 60.8 cm³/mol. The van der Waals surface area contributed by atoms with E-state index < -0.39 is 6.04 Å². The standard InChI is InChI=1S/C10H13N3O2S/c11-6-8(14)13-4-3-12-10(15)9(13)7-2-1-5-16-7/h1-2,5,9H,3-4,6,11H2,(H,12,15). The Morgan fingerprint density at radius 2 is 2.50 bits per heavy atom. The summed E-state index contributed by atoms with van der Waals surface area (Å²) in [5, 5.41) is 4.65. The molecular weight excluding hydrogens is 226 g/mol. The molecule has 1 aliphatic heterocycles. The second-order valence-corrected chi connectivity index (χ2v) is 4.48. The molecule has 0 aromatic carbocycles. The first-order valence-electron chi connectivity index (χ1n) is 5.04. The molecule has 2 heterocycles. The van der Waals surface area contributed by atoms with Gasteiger partial charge in [-0.2, -0.15) is 0 Å². The summed E-state index contributed by atoms with van der Waals surface area (Å²) in [5.41, 5.74) is 5.34. The molecule has 1 unspecified atom stereocenters. The van der Waals surface area contributed by atoms with Crippen molar-refractivity contribution in [2.45, 2.75) is 6.04 Å². The summed E-state index contributed by atoms with van der Waals surface area (Å²) in [5.74, 6) is -0.316. The van der Waals surface area contributed by atoms with Crippen LogP contribution in [-0.4, -0.2) is 36.3 Å². The molecule has 1 aromatic rings. The van der Waals surface area contributed by atoms with Crippen molar-refractivity contribution in [3.05, 3.63) is 22.4 Å². The normalized spacial score (nSPS) is 20.7. The smallest absolute Gasteiger partial charge is 0.248 e. The lowest BCUT2D eigenvalue weighted by Gasteiger charge is -2.34. The Labute approximate surface area is 97.2 Å². The summed E-state index contributed by atoms with van der Waals surface area (Å²) in [6.07, 6.45) is 0. The van der Waals surface area contributed by atoms with Gasteiger partial charge in [0.25, 0.3) is 0 Å². The third-order valence-electron chi connectivity index (χ3n) is 2.52. The lowest BCUT2D eigenvalue weighted by Crippen LogP contribution is -2.53. The summed E-state index contributed by atoms with van der Waals surface area (Å²) >= 11 is 1.47. The highest BCUT2D eigenvalue weighted by atomic mass is 32.1. The van der Waals surface area contributed by atoms with Gasteiger partial charge in [0.2, 0.25) is 11.8 Å². The average Bonchev–Trinajstić information content (AvgIpc) is 2.81. The first-order valence-corrected chi connectivity index (χ1v) is 5.92. The van der Waals surface area contributed by atoms with E-state index in [1.54, 1.807) is 4.90 Å². The van der Waals surface area contributed by atoms with Crippen LogP contribution >= 0.6 is 11.3 Å². The summed E-state index contributed by atoms with van der Waals surface area (Å²) < 4.78 is 0. The minimum Gasteiger partial charge on any atom is -0.352 e. The average molecular weight is 239 g/mol. The third-order valence-corrected chi connectivity index (χ3v) is 3.44. The van der Waals surface area contributed by atoms with E-state index in [2.05, 4.69) is 5.32 Å². The maximum atomic E-state index is 11.8. The van der Waals surface area contributed by atoms with E-state index >= 15 is 0 Å². The number of hydrogen-bond acceptors (Lipinski definition) is 4. The van der Waals surface area contributed by atoms with Crippen LogP contribution in [0.1, 0.15) is 10.9 Å². The Morgan fingerprint density at radius 1 is 1.69 bits per heavy atom. The largest absolute Gasteiger partial charge is 0.352 e. The van der Waals surface area contributed by atoms with E-state index in [0.29, 0.717) is 13.1 Å². The maximum Gasteiger partial charge on any atom is 0.248 e. The summed E-state index contributed by atoms with van der Waals surface area (Å²) in [4.78, 5) is 25.8. The van der Waals surface area contributed by atoms with Crippen LogP contribution in [0.25, 0.3) is 0 Å². The van der Waals surface area contributed by atoms with Gasteiger partial charge in [0, 0.05) is 18.0 Å². The van der Waals surface area contributed by atoms with Crippen molar-refractivity contribution in [2.24, 2.45) is 5.73 Å². The van der Waals surface area contributed by atoms with Crippen molar-refractivity contribution in [3.63, 3.8) is 0 Å². The van der Waals surface area contributed by atoms with Gasteiger partial charge in [0.15, 0.2) is 0 Å². The number of amides is 2. The van der Waals surface area contributed by atoms with Gasteiger partial charge in [0.05, 0.1) is 6.54 Å². The van der Waals surface area contributed by atoms with E-state index in [1.165, 1.54) is 11.3 Å². The highest BCUT2D eigenvalue weighted by Crippen LogP contribution is 2.26. The number of carbonyl (C=O) groups is 2. The second kappa shape index (κ2) is 4.63.